The van der Waals surface area contributed by atoms with E-state index in [9.17, 15) is 14.4 Å². The highest BCUT2D eigenvalue weighted by atomic mass is 16.2. The van der Waals surface area contributed by atoms with Gasteiger partial charge in [-0.1, -0.05) is 0 Å². The molecule has 22 heavy (non-hydrogen) atoms. The molecule has 0 saturated heterocycles. The molecule has 0 rings (SSSR count). The Bertz CT molecular complexity index is 321. The summed E-state index contributed by atoms with van der Waals surface area (Å²) in [4.78, 5) is 32.8. The molecule has 7 nitrogen and oxygen atoms in total. The Morgan fingerprint density at radius 3 is 0.909 bits per heavy atom. The minimum absolute atomic E-state index is 0.00425. The summed E-state index contributed by atoms with van der Waals surface area (Å²) in [7, 11) is 0. The molecule has 0 aromatic rings. The first-order chi connectivity index (χ1) is 9.95. The molecule has 0 aliphatic rings. The van der Waals surface area contributed by atoms with Crippen LogP contribution in [0.5, 0.6) is 0 Å². The van der Waals surface area contributed by atoms with Gasteiger partial charge in [-0.15, -0.1) is 0 Å². The molecule has 0 spiro atoms. The van der Waals surface area contributed by atoms with Gasteiger partial charge >= 0.3 is 17.8 Å². The second-order valence-electron chi connectivity index (χ2n) is 6.18. The van der Waals surface area contributed by atoms with E-state index in [-0.39, 0.29) is 30.2 Å². The van der Waals surface area contributed by atoms with E-state index in [0.29, 0.717) is 0 Å². The number of carbonyl (C=O) groups is 3. The zero-order valence-corrected chi connectivity index (χ0v) is 15.0. The fourth-order valence-electron chi connectivity index (χ4n) is 1.22. The molecule has 0 unspecified atom stereocenters. The third-order valence-corrected chi connectivity index (χ3v) is 1.89. The maximum absolute atomic E-state index is 11.0. The predicted octanol–water partition coefficient (Wildman–Crippen LogP) is 1.14. The number of rotatable bonds is 4. The van der Waals surface area contributed by atoms with Crippen LogP contribution < -0.4 is 21.3 Å². The molecule has 0 atom stereocenters. The molecular weight excluding hydrogens is 284 g/mol. The zero-order chi connectivity index (χ0) is 17.9. The van der Waals surface area contributed by atoms with E-state index in [1.807, 2.05) is 27.7 Å². The van der Waals surface area contributed by atoms with E-state index in [4.69, 9.17) is 0 Å². The van der Waals surface area contributed by atoms with Crippen LogP contribution in [-0.2, 0) is 9.59 Å². The van der Waals surface area contributed by atoms with E-state index in [0.717, 1.165) is 0 Å². The van der Waals surface area contributed by atoms with Gasteiger partial charge in [-0.3, -0.25) is 9.59 Å². The minimum Gasteiger partial charge on any atom is -0.346 e. The van der Waals surface area contributed by atoms with E-state index in [1.54, 1.807) is 27.7 Å². The Hall–Kier alpha value is -1.79. The van der Waals surface area contributed by atoms with E-state index >= 15 is 0 Å². The maximum Gasteiger partial charge on any atom is 0.315 e. The summed E-state index contributed by atoms with van der Waals surface area (Å²) in [6, 6.07) is 0.313. The third-order valence-electron chi connectivity index (χ3n) is 1.89. The molecule has 0 bridgehead atoms. The molecule has 4 amide bonds. The van der Waals surface area contributed by atoms with Crippen LogP contribution >= 0.6 is 0 Å². The summed E-state index contributed by atoms with van der Waals surface area (Å²) < 4.78 is 0. The maximum atomic E-state index is 11.0. The summed E-state index contributed by atoms with van der Waals surface area (Å²) in [6.07, 6.45) is 0. The molecule has 0 aliphatic carbocycles. The van der Waals surface area contributed by atoms with Crippen molar-refractivity contribution in [1.29, 1.82) is 0 Å². The van der Waals surface area contributed by atoms with E-state index in [1.165, 1.54) is 0 Å². The van der Waals surface area contributed by atoms with Crippen LogP contribution in [0.15, 0.2) is 0 Å². The van der Waals surface area contributed by atoms with Crippen molar-refractivity contribution in [3.8, 4) is 0 Å². The fourth-order valence-corrected chi connectivity index (χ4v) is 1.22. The molecule has 0 aromatic carbocycles. The second-order valence-corrected chi connectivity index (χ2v) is 6.18. The summed E-state index contributed by atoms with van der Waals surface area (Å²) in [6.45, 7) is 14.9. The lowest BCUT2D eigenvalue weighted by molar-refractivity contribution is -0.139. The highest BCUT2D eigenvalue weighted by molar-refractivity contribution is 6.35. The fraction of sp³-hybridized carbons (Fsp3) is 0.800. The number of hydrogen-bond donors (Lipinski definition) is 4. The van der Waals surface area contributed by atoms with Crippen LogP contribution in [0.3, 0.4) is 0 Å². The van der Waals surface area contributed by atoms with E-state index in [2.05, 4.69) is 21.3 Å². The van der Waals surface area contributed by atoms with Gasteiger partial charge in [-0.25, -0.2) is 4.79 Å². The molecule has 0 aromatic heterocycles. The Balaban J connectivity index is 0. The van der Waals surface area contributed by atoms with Crippen molar-refractivity contribution >= 4 is 17.8 Å². The van der Waals surface area contributed by atoms with Gasteiger partial charge in [0, 0.05) is 24.2 Å². The number of carbonyl (C=O) groups excluding carboxylic acids is 3. The third kappa shape index (κ3) is 16.3. The SMILES string of the molecule is CC(C)NC(=O)C(=O)NC(C)C.CC(C)NC(=O)NC(C)C. The number of hydrogen-bond acceptors (Lipinski definition) is 3. The molecule has 0 aliphatic heterocycles. The van der Waals surface area contributed by atoms with Gasteiger partial charge in [0.15, 0.2) is 0 Å². The lowest BCUT2D eigenvalue weighted by Gasteiger charge is -2.11. The van der Waals surface area contributed by atoms with Gasteiger partial charge in [-0.05, 0) is 55.4 Å². The topological polar surface area (TPSA) is 99.3 Å². The van der Waals surface area contributed by atoms with Crippen LogP contribution in [0.4, 0.5) is 4.79 Å². The molecule has 4 N–H and O–H groups in total. The molecule has 0 heterocycles. The first kappa shape index (κ1) is 22.5. The number of urea groups is 1. The van der Waals surface area contributed by atoms with Crippen molar-refractivity contribution < 1.29 is 14.4 Å². The quantitative estimate of drug-likeness (QED) is 0.585. The normalized spacial score (nSPS) is 10.2. The average Bonchev–Trinajstić information content (AvgIpc) is 2.25. The van der Waals surface area contributed by atoms with Gasteiger partial charge in [0.25, 0.3) is 0 Å². The van der Waals surface area contributed by atoms with Crippen molar-refractivity contribution in [2.75, 3.05) is 0 Å². The highest BCUT2D eigenvalue weighted by Crippen LogP contribution is 1.81. The van der Waals surface area contributed by atoms with Crippen LogP contribution in [0.2, 0.25) is 0 Å². The lowest BCUT2D eigenvalue weighted by Crippen LogP contribution is -2.44. The van der Waals surface area contributed by atoms with Crippen molar-refractivity contribution in [3.05, 3.63) is 0 Å². The van der Waals surface area contributed by atoms with Crippen LogP contribution in [-0.4, -0.2) is 42.0 Å². The van der Waals surface area contributed by atoms with Gasteiger partial charge in [0.2, 0.25) is 0 Å². The standard InChI is InChI=1S/C8H16N2O2.C7H16N2O/c1-5(2)9-7(11)8(12)10-6(3)4;1-5(2)8-7(10)9-6(3)4/h5-6H,1-4H3,(H,9,11)(H,10,12);5-6H,1-4H3,(H2,8,9,10). The molecule has 130 valence electrons. The molecule has 0 saturated carbocycles. The summed E-state index contributed by atoms with van der Waals surface area (Å²) in [5.74, 6) is -1.14. The summed E-state index contributed by atoms with van der Waals surface area (Å²) in [5, 5.41) is 10.4. The predicted molar refractivity (Wildman–Crippen MR) is 88.5 cm³/mol. The van der Waals surface area contributed by atoms with Crippen LogP contribution in [0, 0.1) is 0 Å². The summed E-state index contributed by atoms with van der Waals surface area (Å²) >= 11 is 0. The molecule has 0 fully saturated rings. The average molecular weight is 316 g/mol. The first-order valence-electron chi connectivity index (χ1n) is 7.64. The molecular formula is C15H32N4O3. The Labute approximate surface area is 134 Å². The highest BCUT2D eigenvalue weighted by Gasteiger charge is 2.14. The smallest absolute Gasteiger partial charge is 0.315 e. The Morgan fingerprint density at radius 2 is 0.727 bits per heavy atom. The number of amides is 4. The van der Waals surface area contributed by atoms with Crippen molar-refractivity contribution in [3.63, 3.8) is 0 Å². The summed E-state index contributed by atoms with van der Waals surface area (Å²) in [5.41, 5.74) is 0. The minimum atomic E-state index is -0.571. The lowest BCUT2D eigenvalue weighted by atomic mass is 10.3. The molecule has 0 radical (unpaired) electrons. The van der Waals surface area contributed by atoms with Crippen LogP contribution in [0.25, 0.3) is 0 Å². The first-order valence-corrected chi connectivity index (χ1v) is 7.64. The van der Waals surface area contributed by atoms with Crippen LogP contribution in [0.1, 0.15) is 55.4 Å². The van der Waals surface area contributed by atoms with Gasteiger partial charge in [0.05, 0.1) is 0 Å². The van der Waals surface area contributed by atoms with E-state index < -0.39 is 11.8 Å². The second kappa shape index (κ2) is 11.8. The molecule has 7 heteroatoms. The number of nitrogens with one attached hydrogen (secondary N) is 4. The Morgan fingerprint density at radius 1 is 0.500 bits per heavy atom. The monoisotopic (exact) mass is 316 g/mol. The largest absolute Gasteiger partial charge is 0.346 e. The van der Waals surface area contributed by atoms with Crippen molar-refractivity contribution in [1.82, 2.24) is 21.3 Å². The Kier molecular flexibility index (Phi) is 12.1. The van der Waals surface area contributed by atoms with Crippen molar-refractivity contribution in [2.45, 2.75) is 79.6 Å². The van der Waals surface area contributed by atoms with Gasteiger partial charge < -0.3 is 21.3 Å². The van der Waals surface area contributed by atoms with Crippen molar-refractivity contribution in [2.24, 2.45) is 0 Å². The zero-order valence-electron chi connectivity index (χ0n) is 15.0. The van der Waals surface area contributed by atoms with Gasteiger partial charge in [-0.2, -0.15) is 0 Å². The van der Waals surface area contributed by atoms with Gasteiger partial charge in [0.1, 0.15) is 0 Å².